The van der Waals surface area contributed by atoms with Gasteiger partial charge in [-0.2, -0.15) is 0 Å². The van der Waals surface area contributed by atoms with Gasteiger partial charge in [0, 0.05) is 22.9 Å². The van der Waals surface area contributed by atoms with Crippen LogP contribution in [0.1, 0.15) is 62.7 Å². The van der Waals surface area contributed by atoms with Gasteiger partial charge in [-0.3, -0.25) is 0 Å². The van der Waals surface area contributed by atoms with Crippen LogP contribution in [0.2, 0.25) is 0 Å². The van der Waals surface area contributed by atoms with Gasteiger partial charge in [-0.05, 0) is 38.7 Å². The molecular formula is C23H26F2N4O3. The molecule has 0 bridgehead atoms. The van der Waals surface area contributed by atoms with Gasteiger partial charge in [0.15, 0.2) is 11.4 Å². The second-order valence-electron chi connectivity index (χ2n) is 9.11. The maximum absolute atomic E-state index is 14.2. The predicted octanol–water partition coefficient (Wildman–Crippen LogP) is 4.96. The molecule has 0 unspecified atom stereocenters. The molecule has 32 heavy (non-hydrogen) atoms. The Balaban J connectivity index is 1.48. The predicted molar refractivity (Wildman–Crippen MR) is 115 cm³/mol. The molecule has 1 saturated carbocycles. The van der Waals surface area contributed by atoms with E-state index < -0.39 is 29.3 Å². The first-order chi connectivity index (χ1) is 15.0. The molecule has 2 heterocycles. The molecular weight excluding hydrogens is 418 g/mol. The normalized spacial score (nSPS) is 21.4. The van der Waals surface area contributed by atoms with Gasteiger partial charge in [0.25, 0.3) is 0 Å². The Morgan fingerprint density at radius 1 is 1.25 bits per heavy atom. The molecule has 1 aliphatic carbocycles. The molecule has 3 N–H and O–H groups in total. The number of fused-ring (bicyclic) bond motifs is 1. The summed E-state index contributed by atoms with van der Waals surface area (Å²) >= 11 is 0. The molecule has 1 fully saturated rings. The Bertz CT molecular complexity index is 1150. The van der Waals surface area contributed by atoms with Crippen molar-refractivity contribution in [3.05, 3.63) is 53.3 Å². The van der Waals surface area contributed by atoms with Gasteiger partial charge < -0.3 is 20.2 Å². The quantitative estimate of drug-likeness (QED) is 0.517. The molecule has 2 aromatic heterocycles. The Kier molecular flexibility index (Phi) is 5.62. The molecule has 0 aliphatic heterocycles. The SMILES string of the molecule is Cc1c([C@H](NC(=O)Nc2cnc(C3CC(C)(O)C3)nc2)C(C)C)oc2c(F)cc(F)cc12. The van der Waals surface area contributed by atoms with Crippen LogP contribution in [0.25, 0.3) is 11.0 Å². The zero-order chi connectivity index (χ0) is 23.2. The first kappa shape index (κ1) is 22.1. The summed E-state index contributed by atoms with van der Waals surface area (Å²) in [6.07, 6.45) is 4.25. The molecule has 7 nitrogen and oxygen atoms in total. The summed E-state index contributed by atoms with van der Waals surface area (Å²) in [5, 5.41) is 15.7. The van der Waals surface area contributed by atoms with Crippen molar-refractivity contribution in [3.63, 3.8) is 0 Å². The second kappa shape index (κ2) is 8.12. The number of halogens is 2. The Hall–Kier alpha value is -3.07. The van der Waals surface area contributed by atoms with Crippen LogP contribution in [0.4, 0.5) is 19.3 Å². The van der Waals surface area contributed by atoms with E-state index in [0.29, 0.717) is 41.1 Å². The number of urea groups is 1. The molecule has 3 aromatic rings. The molecule has 1 aliphatic rings. The van der Waals surface area contributed by atoms with Crippen molar-refractivity contribution in [2.24, 2.45) is 5.92 Å². The van der Waals surface area contributed by atoms with Crippen molar-refractivity contribution >= 4 is 22.7 Å². The van der Waals surface area contributed by atoms with Gasteiger partial charge in [-0.15, -0.1) is 0 Å². The lowest BCUT2D eigenvalue weighted by Gasteiger charge is -2.39. The van der Waals surface area contributed by atoms with Crippen LogP contribution in [0.15, 0.2) is 28.9 Å². The van der Waals surface area contributed by atoms with E-state index in [-0.39, 0.29) is 17.4 Å². The first-order valence-corrected chi connectivity index (χ1v) is 10.5. The lowest BCUT2D eigenvalue weighted by molar-refractivity contribution is -0.0334. The monoisotopic (exact) mass is 444 g/mol. The number of benzene rings is 1. The number of carbonyl (C=O) groups is 1. The molecule has 0 spiro atoms. The van der Waals surface area contributed by atoms with E-state index in [1.165, 1.54) is 18.5 Å². The summed E-state index contributed by atoms with van der Waals surface area (Å²) in [4.78, 5) is 21.2. The minimum Gasteiger partial charge on any atom is -0.455 e. The van der Waals surface area contributed by atoms with Gasteiger partial charge in [0.05, 0.1) is 29.7 Å². The highest BCUT2D eigenvalue weighted by atomic mass is 19.1. The molecule has 4 rings (SSSR count). The maximum Gasteiger partial charge on any atom is 0.319 e. The van der Waals surface area contributed by atoms with E-state index in [0.717, 1.165) is 6.07 Å². The van der Waals surface area contributed by atoms with E-state index in [2.05, 4.69) is 20.6 Å². The van der Waals surface area contributed by atoms with Crippen molar-refractivity contribution in [3.8, 4) is 0 Å². The lowest BCUT2D eigenvalue weighted by atomic mass is 9.72. The topological polar surface area (TPSA) is 100 Å². The molecule has 0 saturated heterocycles. The van der Waals surface area contributed by atoms with E-state index in [4.69, 9.17) is 4.42 Å². The van der Waals surface area contributed by atoms with Crippen LogP contribution in [0, 0.1) is 24.5 Å². The van der Waals surface area contributed by atoms with Crippen LogP contribution >= 0.6 is 0 Å². The van der Waals surface area contributed by atoms with Crippen LogP contribution in [0.5, 0.6) is 0 Å². The number of aromatic nitrogens is 2. The number of hydrogen-bond acceptors (Lipinski definition) is 5. The zero-order valence-corrected chi connectivity index (χ0v) is 18.4. The third kappa shape index (κ3) is 4.29. The summed E-state index contributed by atoms with van der Waals surface area (Å²) < 4.78 is 33.5. The Morgan fingerprint density at radius 2 is 1.91 bits per heavy atom. The molecule has 9 heteroatoms. The summed E-state index contributed by atoms with van der Waals surface area (Å²) in [6.45, 7) is 7.27. The van der Waals surface area contributed by atoms with Crippen molar-refractivity contribution in [2.75, 3.05) is 5.32 Å². The fourth-order valence-corrected chi connectivity index (χ4v) is 4.20. The van der Waals surface area contributed by atoms with Crippen molar-refractivity contribution < 1.29 is 23.1 Å². The second-order valence-corrected chi connectivity index (χ2v) is 9.11. The van der Waals surface area contributed by atoms with E-state index in [1.807, 2.05) is 13.8 Å². The number of carbonyl (C=O) groups excluding carboxylic acids is 1. The fraction of sp³-hybridized carbons (Fsp3) is 0.435. The lowest BCUT2D eigenvalue weighted by Crippen LogP contribution is -2.40. The smallest absolute Gasteiger partial charge is 0.319 e. The number of hydrogen-bond donors (Lipinski definition) is 3. The Labute approximate surface area is 184 Å². The number of rotatable bonds is 5. The van der Waals surface area contributed by atoms with Gasteiger partial charge in [-0.25, -0.2) is 23.5 Å². The summed E-state index contributed by atoms with van der Waals surface area (Å²) in [6, 6.07) is 0.923. The van der Waals surface area contributed by atoms with Crippen molar-refractivity contribution in [1.82, 2.24) is 15.3 Å². The average molecular weight is 444 g/mol. The minimum atomic E-state index is -0.786. The molecule has 2 amide bonds. The van der Waals surface area contributed by atoms with Crippen molar-refractivity contribution in [2.45, 2.75) is 58.1 Å². The van der Waals surface area contributed by atoms with Crippen molar-refractivity contribution in [1.29, 1.82) is 0 Å². The first-order valence-electron chi connectivity index (χ1n) is 10.5. The van der Waals surface area contributed by atoms with Crippen LogP contribution < -0.4 is 10.6 Å². The van der Waals surface area contributed by atoms with E-state index >= 15 is 0 Å². The number of furan rings is 1. The van der Waals surface area contributed by atoms with E-state index in [9.17, 15) is 18.7 Å². The summed E-state index contributed by atoms with van der Waals surface area (Å²) in [7, 11) is 0. The third-order valence-electron chi connectivity index (χ3n) is 5.90. The van der Waals surface area contributed by atoms with Gasteiger partial charge in [-0.1, -0.05) is 13.8 Å². The molecule has 170 valence electrons. The van der Waals surface area contributed by atoms with Crippen LogP contribution in [-0.4, -0.2) is 26.7 Å². The largest absolute Gasteiger partial charge is 0.455 e. The molecule has 1 aromatic carbocycles. The standard InChI is InChI=1S/C23H26F2N4O3/c1-11(2)18(19-12(3)16-5-14(24)6-17(25)20(16)32-19)29-22(30)28-15-9-26-21(27-10-15)13-7-23(4,31)8-13/h5-6,9-11,13,18,31H,7-8H2,1-4H3,(H2,28,29,30)/t13?,18-,23?/m1/s1. The average Bonchev–Trinajstić information content (AvgIpc) is 3.01. The number of nitrogens with zero attached hydrogens (tertiary/aromatic N) is 2. The highest BCUT2D eigenvalue weighted by molar-refractivity contribution is 5.89. The summed E-state index contributed by atoms with van der Waals surface area (Å²) in [5.41, 5.74) is 0.279. The number of aryl methyl sites for hydroxylation is 1. The van der Waals surface area contributed by atoms with Gasteiger partial charge in [0.1, 0.15) is 17.4 Å². The highest BCUT2D eigenvalue weighted by Gasteiger charge is 2.40. The molecule has 1 atom stereocenters. The third-order valence-corrected chi connectivity index (χ3v) is 5.90. The number of anilines is 1. The van der Waals surface area contributed by atoms with Gasteiger partial charge in [0.2, 0.25) is 0 Å². The van der Waals surface area contributed by atoms with Crippen LogP contribution in [0.3, 0.4) is 0 Å². The molecule has 0 radical (unpaired) electrons. The van der Waals surface area contributed by atoms with Crippen LogP contribution in [-0.2, 0) is 0 Å². The van der Waals surface area contributed by atoms with Gasteiger partial charge >= 0.3 is 6.03 Å². The van der Waals surface area contributed by atoms with E-state index in [1.54, 1.807) is 13.8 Å². The highest BCUT2D eigenvalue weighted by Crippen LogP contribution is 2.42. The number of nitrogens with one attached hydrogen (secondary N) is 2. The minimum absolute atomic E-state index is 0.0364. The fourth-order valence-electron chi connectivity index (χ4n) is 4.20. The number of aliphatic hydroxyl groups is 1. The zero-order valence-electron chi connectivity index (χ0n) is 18.4. The maximum atomic E-state index is 14.2. The summed E-state index contributed by atoms with van der Waals surface area (Å²) in [5.74, 6) is -0.442. The Morgan fingerprint density at radius 3 is 2.50 bits per heavy atom. The number of amides is 2.